The Morgan fingerprint density at radius 1 is 0.971 bits per heavy atom. The first-order valence-corrected chi connectivity index (χ1v) is 12.3. The molecule has 5 nitrogen and oxygen atoms in total. The van der Waals surface area contributed by atoms with Crippen LogP contribution in [-0.4, -0.2) is 43.7 Å². The van der Waals surface area contributed by atoms with E-state index in [1.54, 1.807) is 14.2 Å². The highest BCUT2D eigenvalue weighted by Crippen LogP contribution is 2.31. The molecule has 1 amide bonds. The van der Waals surface area contributed by atoms with Gasteiger partial charge in [-0.15, -0.1) is 0 Å². The molecule has 4 rings (SSSR count). The Morgan fingerprint density at radius 3 is 2.40 bits per heavy atom. The normalized spacial score (nSPS) is 17.8. The van der Waals surface area contributed by atoms with Gasteiger partial charge in [-0.3, -0.25) is 4.79 Å². The molecule has 1 aliphatic rings. The van der Waals surface area contributed by atoms with E-state index in [2.05, 4.69) is 46.6 Å². The van der Waals surface area contributed by atoms with Crippen molar-refractivity contribution in [1.29, 1.82) is 0 Å². The average Bonchev–Trinajstić information content (AvgIpc) is 2.87. The lowest BCUT2D eigenvalue weighted by Gasteiger charge is -2.40. The van der Waals surface area contributed by atoms with Crippen LogP contribution < -0.4 is 14.8 Å². The Balaban J connectivity index is 1.51. The molecule has 0 unspecified atom stereocenters. The Kier molecular flexibility index (Phi) is 8.09. The van der Waals surface area contributed by atoms with Gasteiger partial charge in [0.25, 0.3) is 5.91 Å². The standard InChI is InChI=1S/C30H36N2O3/c1-21-15-22(2)17-25(16-21)30(33)32-14-13-26(19-27(32)18-23-9-6-5-7-10-23)31-20-24-11-8-12-28(34-3)29(24)35-4/h5-12,15-17,26-27,31H,13-14,18-20H2,1-4H3/t26-,27+/m0/s1. The SMILES string of the molecule is COc1cccc(CN[C@H]2CCN(C(=O)c3cc(C)cc(C)c3)[C@H](Cc3ccccc3)C2)c1OC. The third-order valence-corrected chi connectivity index (χ3v) is 6.83. The van der Waals surface area contributed by atoms with E-state index in [1.807, 2.05) is 44.2 Å². The fraction of sp³-hybridized carbons (Fsp3) is 0.367. The molecule has 1 fully saturated rings. The number of methoxy groups -OCH3 is 2. The molecule has 0 saturated carbocycles. The van der Waals surface area contributed by atoms with E-state index in [4.69, 9.17) is 9.47 Å². The molecule has 0 aliphatic carbocycles. The van der Waals surface area contributed by atoms with Crippen molar-refractivity contribution in [3.63, 3.8) is 0 Å². The predicted molar refractivity (Wildman–Crippen MR) is 140 cm³/mol. The maximum Gasteiger partial charge on any atom is 0.254 e. The monoisotopic (exact) mass is 472 g/mol. The Bertz CT molecular complexity index is 1130. The van der Waals surface area contributed by atoms with Crippen LogP contribution in [0.2, 0.25) is 0 Å². The van der Waals surface area contributed by atoms with Crippen LogP contribution in [0.4, 0.5) is 0 Å². The summed E-state index contributed by atoms with van der Waals surface area (Å²) < 4.78 is 11.1. The molecule has 0 spiro atoms. The molecule has 0 bridgehead atoms. The van der Waals surface area contributed by atoms with E-state index < -0.39 is 0 Å². The minimum absolute atomic E-state index is 0.129. The van der Waals surface area contributed by atoms with Crippen molar-refractivity contribution in [3.05, 3.63) is 94.5 Å². The van der Waals surface area contributed by atoms with E-state index in [0.717, 1.165) is 59.6 Å². The lowest BCUT2D eigenvalue weighted by atomic mass is 9.91. The van der Waals surface area contributed by atoms with Crippen molar-refractivity contribution in [2.75, 3.05) is 20.8 Å². The van der Waals surface area contributed by atoms with Crippen molar-refractivity contribution in [3.8, 4) is 11.5 Å². The van der Waals surface area contributed by atoms with Gasteiger partial charge in [0.05, 0.1) is 14.2 Å². The van der Waals surface area contributed by atoms with Crippen LogP contribution >= 0.6 is 0 Å². The smallest absolute Gasteiger partial charge is 0.254 e. The van der Waals surface area contributed by atoms with Crippen LogP contribution in [0.25, 0.3) is 0 Å². The topological polar surface area (TPSA) is 50.8 Å². The van der Waals surface area contributed by atoms with E-state index in [-0.39, 0.29) is 11.9 Å². The van der Waals surface area contributed by atoms with Gasteiger partial charge in [0.15, 0.2) is 11.5 Å². The molecule has 35 heavy (non-hydrogen) atoms. The minimum atomic E-state index is 0.129. The molecule has 1 N–H and O–H groups in total. The number of carbonyl (C=O) groups excluding carboxylic acids is 1. The second-order valence-electron chi connectivity index (χ2n) is 9.47. The molecule has 0 radical (unpaired) electrons. The minimum Gasteiger partial charge on any atom is -0.493 e. The molecule has 184 valence electrons. The van der Waals surface area contributed by atoms with Crippen LogP contribution in [-0.2, 0) is 13.0 Å². The Morgan fingerprint density at radius 2 is 1.71 bits per heavy atom. The summed E-state index contributed by atoms with van der Waals surface area (Å²) in [6, 6.07) is 23.0. The van der Waals surface area contributed by atoms with Crippen molar-refractivity contribution in [2.24, 2.45) is 0 Å². The molecule has 1 aliphatic heterocycles. The van der Waals surface area contributed by atoms with Gasteiger partial charge >= 0.3 is 0 Å². The van der Waals surface area contributed by atoms with Crippen LogP contribution in [0, 0.1) is 13.8 Å². The number of likely N-dealkylation sites (tertiary alicyclic amines) is 1. The Labute approximate surface area is 209 Å². The fourth-order valence-corrected chi connectivity index (χ4v) is 5.19. The zero-order chi connectivity index (χ0) is 24.8. The van der Waals surface area contributed by atoms with E-state index in [1.165, 1.54) is 5.56 Å². The number of hydrogen-bond acceptors (Lipinski definition) is 4. The molecular formula is C30H36N2O3. The number of para-hydroxylation sites is 1. The number of hydrogen-bond donors (Lipinski definition) is 1. The third-order valence-electron chi connectivity index (χ3n) is 6.83. The molecule has 3 aromatic carbocycles. The number of aryl methyl sites for hydroxylation is 2. The quantitative estimate of drug-likeness (QED) is 0.482. The maximum atomic E-state index is 13.6. The molecular weight excluding hydrogens is 436 g/mol. The van der Waals surface area contributed by atoms with E-state index in [0.29, 0.717) is 12.6 Å². The molecule has 0 aromatic heterocycles. The first kappa shape index (κ1) is 24.8. The number of ether oxygens (including phenoxy) is 2. The number of nitrogens with zero attached hydrogens (tertiary/aromatic N) is 1. The molecule has 5 heteroatoms. The van der Waals surface area contributed by atoms with Gasteiger partial charge in [-0.1, -0.05) is 59.7 Å². The number of carbonyl (C=O) groups is 1. The number of nitrogens with one attached hydrogen (secondary N) is 1. The summed E-state index contributed by atoms with van der Waals surface area (Å²) in [4.78, 5) is 15.7. The first-order valence-electron chi connectivity index (χ1n) is 12.3. The zero-order valence-corrected chi connectivity index (χ0v) is 21.2. The van der Waals surface area contributed by atoms with Gasteiger partial charge in [0.2, 0.25) is 0 Å². The number of amides is 1. The zero-order valence-electron chi connectivity index (χ0n) is 21.2. The van der Waals surface area contributed by atoms with Crippen LogP contribution in [0.5, 0.6) is 11.5 Å². The highest BCUT2D eigenvalue weighted by molar-refractivity contribution is 5.95. The highest BCUT2D eigenvalue weighted by Gasteiger charge is 2.32. The maximum absolute atomic E-state index is 13.6. The molecule has 1 heterocycles. The summed E-state index contributed by atoms with van der Waals surface area (Å²) in [6.07, 6.45) is 2.66. The number of rotatable bonds is 8. The first-order chi connectivity index (χ1) is 17.0. The summed E-state index contributed by atoms with van der Waals surface area (Å²) >= 11 is 0. The van der Waals surface area contributed by atoms with Gasteiger partial charge < -0.3 is 19.7 Å². The molecule has 1 saturated heterocycles. The third kappa shape index (κ3) is 6.04. The van der Waals surface area contributed by atoms with Gasteiger partial charge in [-0.25, -0.2) is 0 Å². The van der Waals surface area contributed by atoms with E-state index in [9.17, 15) is 4.79 Å². The number of piperidine rings is 1. The molecule has 3 aromatic rings. The van der Waals surface area contributed by atoms with Gasteiger partial charge in [-0.05, 0) is 56.9 Å². The summed E-state index contributed by atoms with van der Waals surface area (Å²) in [5.41, 5.74) is 5.35. The average molecular weight is 473 g/mol. The second kappa shape index (κ2) is 11.4. The van der Waals surface area contributed by atoms with Gasteiger partial charge in [0, 0.05) is 36.3 Å². The van der Waals surface area contributed by atoms with Crippen molar-refractivity contribution < 1.29 is 14.3 Å². The summed E-state index contributed by atoms with van der Waals surface area (Å²) in [5.74, 6) is 1.64. The summed E-state index contributed by atoms with van der Waals surface area (Å²) in [7, 11) is 3.33. The number of benzene rings is 3. The lowest BCUT2D eigenvalue weighted by Crippen LogP contribution is -2.51. The van der Waals surface area contributed by atoms with E-state index >= 15 is 0 Å². The molecule has 2 atom stereocenters. The van der Waals surface area contributed by atoms with Crippen molar-refractivity contribution in [1.82, 2.24) is 10.2 Å². The van der Waals surface area contributed by atoms with Crippen LogP contribution in [0.15, 0.2) is 66.7 Å². The van der Waals surface area contributed by atoms with Crippen LogP contribution in [0.3, 0.4) is 0 Å². The van der Waals surface area contributed by atoms with Crippen LogP contribution in [0.1, 0.15) is 45.5 Å². The Hall–Kier alpha value is -3.31. The fourth-order valence-electron chi connectivity index (χ4n) is 5.19. The van der Waals surface area contributed by atoms with Crippen molar-refractivity contribution >= 4 is 5.91 Å². The highest BCUT2D eigenvalue weighted by atomic mass is 16.5. The predicted octanol–water partition coefficient (Wildman–Crippen LogP) is 5.33. The second-order valence-corrected chi connectivity index (χ2v) is 9.47. The lowest BCUT2D eigenvalue weighted by molar-refractivity contribution is 0.0576. The summed E-state index contributed by atoms with van der Waals surface area (Å²) in [6.45, 7) is 5.52. The van der Waals surface area contributed by atoms with Crippen molar-refractivity contribution in [2.45, 2.75) is 51.7 Å². The van der Waals surface area contributed by atoms with Gasteiger partial charge in [0.1, 0.15) is 0 Å². The largest absolute Gasteiger partial charge is 0.493 e. The van der Waals surface area contributed by atoms with Gasteiger partial charge in [-0.2, -0.15) is 0 Å². The summed E-state index contributed by atoms with van der Waals surface area (Å²) in [5, 5.41) is 3.72.